The molecule has 152 valence electrons. The van der Waals surface area contributed by atoms with Crippen molar-refractivity contribution in [3.05, 3.63) is 22.4 Å². The lowest BCUT2D eigenvalue weighted by Crippen LogP contribution is -2.47. The van der Waals surface area contributed by atoms with Crippen molar-refractivity contribution >= 4 is 33.2 Å². The van der Waals surface area contributed by atoms with Gasteiger partial charge >= 0.3 is 5.97 Å². The monoisotopic (exact) mass is 418 g/mol. The minimum absolute atomic E-state index is 0.0434. The molecule has 27 heavy (non-hydrogen) atoms. The first-order valence-corrected chi connectivity index (χ1v) is 11.3. The first-order valence-electron chi connectivity index (χ1n) is 8.83. The van der Waals surface area contributed by atoms with Gasteiger partial charge in [0, 0.05) is 43.5 Å². The Kier molecular flexibility index (Phi) is 8.21. The SMILES string of the molecule is COCCS(=O)(=O)N1CCC(NC(=O)CC(CC(=O)O)c2cccs2)CC1. The Morgan fingerprint density at radius 2 is 2.07 bits per heavy atom. The number of aliphatic carboxylic acids is 1. The molecular formula is C17H26N2O6S2. The Bertz CT molecular complexity index is 712. The molecule has 0 saturated carbocycles. The lowest BCUT2D eigenvalue weighted by atomic mass is 9.98. The van der Waals surface area contributed by atoms with Crippen molar-refractivity contribution in [3.8, 4) is 0 Å². The van der Waals surface area contributed by atoms with Crippen molar-refractivity contribution in [1.29, 1.82) is 0 Å². The number of amides is 1. The topological polar surface area (TPSA) is 113 Å². The summed E-state index contributed by atoms with van der Waals surface area (Å²) in [5.74, 6) is -1.53. The third kappa shape index (κ3) is 6.87. The number of thiophene rings is 1. The van der Waals surface area contributed by atoms with Crippen LogP contribution >= 0.6 is 11.3 Å². The fraction of sp³-hybridized carbons (Fsp3) is 0.647. The van der Waals surface area contributed by atoms with Crippen LogP contribution in [0.3, 0.4) is 0 Å². The first kappa shape index (κ1) is 21.8. The van der Waals surface area contributed by atoms with Gasteiger partial charge < -0.3 is 15.2 Å². The summed E-state index contributed by atoms with van der Waals surface area (Å²) < 4.78 is 30.6. The minimum atomic E-state index is -3.33. The molecular weight excluding hydrogens is 392 g/mol. The number of sulfonamides is 1. The molecule has 8 nitrogen and oxygen atoms in total. The standard InChI is InChI=1S/C17H26N2O6S2/c1-25-8-10-27(23,24)19-6-4-14(5-7-19)18-16(20)11-13(12-17(21)22)15-3-2-9-26-15/h2-3,9,13-14H,4-8,10-12H2,1H3,(H,18,20)(H,21,22). The molecule has 2 N–H and O–H groups in total. The minimum Gasteiger partial charge on any atom is -0.481 e. The molecule has 1 fully saturated rings. The Labute approximate surface area is 163 Å². The van der Waals surface area contributed by atoms with Gasteiger partial charge in [0.25, 0.3) is 0 Å². The quantitative estimate of drug-likeness (QED) is 0.591. The van der Waals surface area contributed by atoms with Gasteiger partial charge in [-0.1, -0.05) is 6.07 Å². The van der Waals surface area contributed by atoms with E-state index in [1.54, 1.807) is 0 Å². The number of piperidine rings is 1. The van der Waals surface area contributed by atoms with Gasteiger partial charge in [-0.15, -0.1) is 11.3 Å². The number of hydrogen-bond donors (Lipinski definition) is 2. The summed E-state index contributed by atoms with van der Waals surface area (Å²) in [5, 5.41) is 13.9. The summed E-state index contributed by atoms with van der Waals surface area (Å²) in [4.78, 5) is 24.3. The molecule has 0 aromatic carbocycles. The van der Waals surface area contributed by atoms with E-state index in [0.29, 0.717) is 25.9 Å². The summed E-state index contributed by atoms with van der Waals surface area (Å²) in [6.07, 6.45) is 1.10. The van der Waals surface area contributed by atoms with Gasteiger partial charge in [-0.05, 0) is 24.3 Å². The van der Waals surface area contributed by atoms with E-state index in [4.69, 9.17) is 9.84 Å². The number of methoxy groups -OCH3 is 1. The lowest BCUT2D eigenvalue weighted by molar-refractivity contribution is -0.137. The highest BCUT2D eigenvalue weighted by molar-refractivity contribution is 7.89. The zero-order chi connectivity index (χ0) is 19.9. The average Bonchev–Trinajstić information content (AvgIpc) is 3.14. The second-order valence-electron chi connectivity index (χ2n) is 6.56. The second-order valence-corrected chi connectivity index (χ2v) is 9.63. The number of rotatable bonds is 10. The molecule has 1 aromatic rings. The predicted octanol–water partition coefficient (Wildman–Crippen LogP) is 1.25. The zero-order valence-corrected chi connectivity index (χ0v) is 16.9. The van der Waals surface area contributed by atoms with Crippen LogP contribution < -0.4 is 5.32 Å². The highest BCUT2D eigenvalue weighted by atomic mass is 32.2. The van der Waals surface area contributed by atoms with Gasteiger partial charge in [0.2, 0.25) is 15.9 Å². The van der Waals surface area contributed by atoms with Gasteiger partial charge in [-0.3, -0.25) is 9.59 Å². The fourth-order valence-electron chi connectivity index (χ4n) is 3.11. The smallest absolute Gasteiger partial charge is 0.304 e. The molecule has 0 bridgehead atoms. The van der Waals surface area contributed by atoms with Crippen molar-refractivity contribution in [2.24, 2.45) is 0 Å². The number of nitrogens with zero attached hydrogens (tertiary/aromatic N) is 1. The number of ether oxygens (including phenoxy) is 1. The number of carboxylic acids is 1. The normalized spacial score (nSPS) is 17.5. The number of carbonyl (C=O) groups excluding carboxylic acids is 1. The van der Waals surface area contributed by atoms with Gasteiger partial charge in [0.15, 0.2) is 0 Å². The van der Waals surface area contributed by atoms with E-state index in [-0.39, 0.29) is 43.1 Å². The number of nitrogens with one attached hydrogen (secondary N) is 1. The summed E-state index contributed by atoms with van der Waals surface area (Å²) in [7, 11) is -1.86. The number of carboxylic acid groups (broad SMARTS) is 1. The van der Waals surface area contributed by atoms with E-state index in [1.807, 2.05) is 17.5 Å². The van der Waals surface area contributed by atoms with Crippen molar-refractivity contribution in [2.75, 3.05) is 32.6 Å². The van der Waals surface area contributed by atoms with Gasteiger partial charge in [0.1, 0.15) is 0 Å². The molecule has 1 amide bonds. The first-order chi connectivity index (χ1) is 12.8. The molecule has 1 saturated heterocycles. The summed E-state index contributed by atoms with van der Waals surface area (Å²) in [6.45, 7) is 0.883. The van der Waals surface area contributed by atoms with Crippen LogP contribution in [0.15, 0.2) is 17.5 Å². The van der Waals surface area contributed by atoms with Crippen LogP contribution in [0, 0.1) is 0 Å². The van der Waals surface area contributed by atoms with E-state index in [1.165, 1.54) is 22.8 Å². The molecule has 0 radical (unpaired) electrons. The van der Waals surface area contributed by atoms with Gasteiger partial charge in [-0.2, -0.15) is 0 Å². The Morgan fingerprint density at radius 1 is 1.37 bits per heavy atom. The molecule has 0 spiro atoms. The van der Waals surface area contributed by atoms with Crippen molar-refractivity contribution in [2.45, 2.75) is 37.6 Å². The van der Waals surface area contributed by atoms with E-state index in [0.717, 1.165) is 4.88 Å². The summed E-state index contributed by atoms with van der Waals surface area (Å²) in [6, 6.07) is 3.58. The maximum absolute atomic E-state index is 12.4. The molecule has 1 aromatic heterocycles. The molecule has 2 rings (SSSR count). The molecule has 2 heterocycles. The number of hydrogen-bond acceptors (Lipinski definition) is 6. The number of carbonyl (C=O) groups is 2. The van der Waals surface area contributed by atoms with Crippen molar-refractivity contribution < 1.29 is 27.9 Å². The molecule has 1 aliphatic heterocycles. The predicted molar refractivity (Wildman–Crippen MR) is 102 cm³/mol. The highest BCUT2D eigenvalue weighted by Gasteiger charge is 2.29. The van der Waals surface area contributed by atoms with Crippen LogP contribution in [-0.2, 0) is 24.3 Å². The maximum atomic E-state index is 12.4. The average molecular weight is 419 g/mol. The third-order valence-electron chi connectivity index (χ3n) is 4.56. The largest absolute Gasteiger partial charge is 0.481 e. The Morgan fingerprint density at radius 3 is 2.63 bits per heavy atom. The molecule has 1 atom stereocenters. The molecule has 1 aliphatic rings. The summed E-state index contributed by atoms with van der Waals surface area (Å²) in [5.41, 5.74) is 0. The summed E-state index contributed by atoms with van der Waals surface area (Å²) >= 11 is 1.44. The van der Waals surface area contributed by atoms with Crippen molar-refractivity contribution in [3.63, 3.8) is 0 Å². The molecule has 1 unspecified atom stereocenters. The Balaban J connectivity index is 1.83. The van der Waals surface area contributed by atoms with Crippen LogP contribution in [0.5, 0.6) is 0 Å². The maximum Gasteiger partial charge on any atom is 0.304 e. The van der Waals surface area contributed by atoms with Gasteiger partial charge in [0.05, 0.1) is 18.8 Å². The van der Waals surface area contributed by atoms with E-state index >= 15 is 0 Å². The fourth-order valence-corrected chi connectivity index (χ4v) is 5.35. The van der Waals surface area contributed by atoms with Gasteiger partial charge in [-0.25, -0.2) is 12.7 Å². The Hall–Kier alpha value is -1.49. The van der Waals surface area contributed by atoms with E-state index < -0.39 is 16.0 Å². The zero-order valence-electron chi connectivity index (χ0n) is 15.3. The second kappa shape index (κ2) is 10.2. The highest BCUT2D eigenvalue weighted by Crippen LogP contribution is 2.28. The van der Waals surface area contributed by atoms with Crippen LogP contribution in [0.4, 0.5) is 0 Å². The van der Waals surface area contributed by atoms with Crippen molar-refractivity contribution in [1.82, 2.24) is 9.62 Å². The van der Waals surface area contributed by atoms with Crippen LogP contribution in [0.25, 0.3) is 0 Å². The molecule has 0 aliphatic carbocycles. The van der Waals surface area contributed by atoms with Crippen LogP contribution in [0.2, 0.25) is 0 Å². The van der Waals surface area contributed by atoms with Crippen LogP contribution in [-0.4, -0.2) is 68.3 Å². The van der Waals surface area contributed by atoms with E-state index in [9.17, 15) is 18.0 Å². The lowest BCUT2D eigenvalue weighted by Gasteiger charge is -2.31. The van der Waals surface area contributed by atoms with Crippen LogP contribution in [0.1, 0.15) is 36.5 Å². The molecule has 10 heteroatoms. The van der Waals surface area contributed by atoms with E-state index in [2.05, 4.69) is 5.32 Å². The third-order valence-corrected chi connectivity index (χ3v) is 7.43.